The molecule has 5 heteroatoms. The van der Waals surface area contributed by atoms with Gasteiger partial charge in [-0.2, -0.15) is 0 Å². The zero-order valence-electron chi connectivity index (χ0n) is 15.3. The van der Waals surface area contributed by atoms with Crippen LogP contribution in [0, 0.1) is 0 Å². The van der Waals surface area contributed by atoms with Crippen molar-refractivity contribution in [3.63, 3.8) is 0 Å². The van der Waals surface area contributed by atoms with Crippen molar-refractivity contribution in [1.29, 1.82) is 0 Å². The van der Waals surface area contributed by atoms with E-state index in [4.69, 9.17) is 0 Å². The third-order valence-corrected chi connectivity index (χ3v) is 5.54. The summed E-state index contributed by atoms with van der Waals surface area (Å²) in [5.41, 5.74) is -0.0716. The van der Waals surface area contributed by atoms with Crippen LogP contribution in [0.25, 0.3) is 0 Å². The van der Waals surface area contributed by atoms with Crippen molar-refractivity contribution in [3.8, 4) is 0 Å². The van der Waals surface area contributed by atoms with Crippen LogP contribution in [-0.2, 0) is 10.4 Å². The molecule has 2 aromatic rings. The van der Waals surface area contributed by atoms with Gasteiger partial charge in [0.1, 0.15) is 0 Å². The molecular weight excluding hydrogens is 340 g/mol. The second-order valence-corrected chi connectivity index (χ2v) is 7.40. The molecule has 5 nitrogen and oxygen atoms in total. The molecule has 1 N–H and O–H groups in total. The Morgan fingerprint density at radius 1 is 0.963 bits per heavy atom. The molecule has 27 heavy (non-hydrogen) atoms. The summed E-state index contributed by atoms with van der Waals surface area (Å²) < 4.78 is 0. The Morgan fingerprint density at radius 2 is 1.63 bits per heavy atom. The Labute approximate surface area is 159 Å². The number of amides is 1. The number of carbonyl (C=O) groups is 2. The molecular formula is C22H24N2O3. The lowest BCUT2D eigenvalue weighted by atomic mass is 9.88. The Hall–Kier alpha value is -2.50. The largest absolute Gasteiger partial charge is 0.375 e. The minimum absolute atomic E-state index is 0.235. The zero-order valence-corrected chi connectivity index (χ0v) is 15.3. The number of likely N-dealkylation sites (tertiary alicyclic amines) is 1. The van der Waals surface area contributed by atoms with Gasteiger partial charge in [0.05, 0.1) is 18.8 Å². The number of carbonyl (C=O) groups excluding carboxylic acids is 2. The highest BCUT2D eigenvalue weighted by molar-refractivity contribution is 6.10. The fourth-order valence-electron chi connectivity index (χ4n) is 4.08. The van der Waals surface area contributed by atoms with Crippen LogP contribution in [0.5, 0.6) is 0 Å². The quantitative estimate of drug-likeness (QED) is 0.829. The number of anilines is 1. The summed E-state index contributed by atoms with van der Waals surface area (Å²) in [6.45, 7) is 2.36. The van der Waals surface area contributed by atoms with Crippen molar-refractivity contribution in [2.45, 2.75) is 31.3 Å². The number of Topliss-reactive ketones (excluding diaryl/α,β-unsaturated/α-hetero) is 1. The molecule has 2 heterocycles. The molecule has 0 bridgehead atoms. The minimum Gasteiger partial charge on any atom is -0.375 e. The van der Waals surface area contributed by atoms with E-state index < -0.39 is 11.5 Å². The van der Waals surface area contributed by atoms with Crippen molar-refractivity contribution in [1.82, 2.24) is 4.90 Å². The lowest BCUT2D eigenvalue weighted by Crippen LogP contribution is -2.47. The van der Waals surface area contributed by atoms with E-state index in [-0.39, 0.29) is 12.2 Å². The second kappa shape index (κ2) is 7.25. The predicted octanol–water partition coefficient (Wildman–Crippen LogP) is 2.94. The summed E-state index contributed by atoms with van der Waals surface area (Å²) in [6.07, 6.45) is 3.22. The number of para-hydroxylation sites is 1. The topological polar surface area (TPSA) is 60.9 Å². The molecule has 1 fully saturated rings. The number of piperidine rings is 1. The molecule has 1 saturated heterocycles. The van der Waals surface area contributed by atoms with Gasteiger partial charge < -0.3 is 5.11 Å². The summed E-state index contributed by atoms with van der Waals surface area (Å²) in [5.74, 6) is -0.639. The summed E-state index contributed by atoms with van der Waals surface area (Å²) in [4.78, 5) is 29.8. The first-order chi connectivity index (χ1) is 13.1. The molecule has 0 radical (unpaired) electrons. The van der Waals surface area contributed by atoms with Crippen LogP contribution in [0.3, 0.4) is 0 Å². The number of benzene rings is 2. The fraction of sp³-hybridized carbons (Fsp3) is 0.364. The van der Waals surface area contributed by atoms with Gasteiger partial charge in [0.2, 0.25) is 0 Å². The molecule has 2 aliphatic heterocycles. The SMILES string of the molecule is O=C(CC1(O)C(=O)N(CN2CCCCC2)c2ccccc21)c1ccccc1. The van der Waals surface area contributed by atoms with Crippen molar-refractivity contribution in [2.75, 3.05) is 24.7 Å². The van der Waals surface area contributed by atoms with E-state index in [0.717, 1.165) is 25.9 Å². The number of ketones is 1. The normalized spacial score (nSPS) is 22.7. The first-order valence-electron chi connectivity index (χ1n) is 9.54. The van der Waals surface area contributed by atoms with Crippen LogP contribution in [0.2, 0.25) is 0 Å². The summed E-state index contributed by atoms with van der Waals surface area (Å²) in [5, 5.41) is 11.3. The Bertz CT molecular complexity index is 846. The van der Waals surface area contributed by atoms with Crippen LogP contribution >= 0.6 is 0 Å². The van der Waals surface area contributed by atoms with Gasteiger partial charge in [-0.1, -0.05) is 55.0 Å². The van der Waals surface area contributed by atoms with Crippen LogP contribution in [0.4, 0.5) is 5.69 Å². The lowest BCUT2D eigenvalue weighted by Gasteiger charge is -2.31. The Kier molecular flexibility index (Phi) is 4.81. The van der Waals surface area contributed by atoms with E-state index >= 15 is 0 Å². The van der Waals surface area contributed by atoms with Gasteiger partial charge in [0, 0.05) is 11.1 Å². The summed E-state index contributed by atoms with van der Waals surface area (Å²) in [6, 6.07) is 16.1. The van der Waals surface area contributed by atoms with Gasteiger partial charge in [-0.3, -0.25) is 19.4 Å². The Balaban J connectivity index is 1.62. The maximum absolute atomic E-state index is 13.2. The van der Waals surface area contributed by atoms with Crippen molar-refractivity contribution in [3.05, 3.63) is 65.7 Å². The van der Waals surface area contributed by atoms with Gasteiger partial charge in [0.25, 0.3) is 5.91 Å². The third kappa shape index (κ3) is 3.29. The first-order valence-corrected chi connectivity index (χ1v) is 9.54. The molecule has 0 saturated carbocycles. The highest BCUT2D eigenvalue weighted by Gasteiger charge is 2.51. The number of nitrogens with zero attached hydrogens (tertiary/aromatic N) is 2. The number of hydrogen-bond donors (Lipinski definition) is 1. The molecule has 2 aromatic carbocycles. The number of rotatable bonds is 5. The molecule has 140 valence electrons. The molecule has 1 atom stereocenters. The monoisotopic (exact) mass is 364 g/mol. The van der Waals surface area contributed by atoms with Crippen molar-refractivity contribution in [2.24, 2.45) is 0 Å². The number of aliphatic hydroxyl groups is 1. The molecule has 2 aliphatic rings. The minimum atomic E-state index is -1.81. The third-order valence-electron chi connectivity index (χ3n) is 5.54. The van der Waals surface area contributed by atoms with Crippen LogP contribution < -0.4 is 4.90 Å². The maximum atomic E-state index is 13.2. The number of hydrogen-bond acceptors (Lipinski definition) is 4. The van der Waals surface area contributed by atoms with Crippen LogP contribution in [0.1, 0.15) is 41.6 Å². The van der Waals surface area contributed by atoms with Gasteiger partial charge in [-0.05, 0) is 32.0 Å². The second-order valence-electron chi connectivity index (χ2n) is 7.40. The van der Waals surface area contributed by atoms with Gasteiger partial charge in [-0.15, -0.1) is 0 Å². The van der Waals surface area contributed by atoms with Gasteiger partial charge >= 0.3 is 0 Å². The molecule has 0 aliphatic carbocycles. The molecule has 0 aromatic heterocycles. The van der Waals surface area contributed by atoms with E-state index in [0.29, 0.717) is 23.5 Å². The summed E-state index contributed by atoms with van der Waals surface area (Å²) >= 11 is 0. The highest BCUT2D eigenvalue weighted by atomic mass is 16.3. The smallest absolute Gasteiger partial charge is 0.265 e. The Morgan fingerprint density at radius 3 is 2.37 bits per heavy atom. The van der Waals surface area contributed by atoms with E-state index in [9.17, 15) is 14.7 Å². The maximum Gasteiger partial charge on any atom is 0.265 e. The molecule has 4 rings (SSSR count). The summed E-state index contributed by atoms with van der Waals surface area (Å²) in [7, 11) is 0. The highest BCUT2D eigenvalue weighted by Crippen LogP contribution is 2.43. The van der Waals surface area contributed by atoms with Crippen molar-refractivity contribution >= 4 is 17.4 Å². The van der Waals surface area contributed by atoms with E-state index in [1.807, 2.05) is 18.2 Å². The van der Waals surface area contributed by atoms with Crippen molar-refractivity contribution < 1.29 is 14.7 Å². The first kappa shape index (κ1) is 17.9. The zero-order chi connectivity index (χ0) is 18.9. The molecule has 0 spiro atoms. The average molecular weight is 364 g/mol. The predicted molar refractivity (Wildman–Crippen MR) is 104 cm³/mol. The van der Waals surface area contributed by atoms with E-state index in [2.05, 4.69) is 4.90 Å². The van der Waals surface area contributed by atoms with Crippen LogP contribution in [0.15, 0.2) is 54.6 Å². The molecule has 1 unspecified atom stereocenters. The number of fused-ring (bicyclic) bond motifs is 1. The van der Waals surface area contributed by atoms with Gasteiger partial charge in [0.15, 0.2) is 11.4 Å². The fourth-order valence-corrected chi connectivity index (χ4v) is 4.08. The van der Waals surface area contributed by atoms with Crippen LogP contribution in [-0.4, -0.2) is 41.5 Å². The standard InChI is InChI=1S/C22H24N2O3/c25-20(17-9-3-1-4-10-17)15-22(27)18-11-5-6-12-19(18)24(21(22)26)16-23-13-7-2-8-14-23/h1,3-6,9-12,27H,2,7-8,13-16H2. The van der Waals surface area contributed by atoms with Gasteiger partial charge in [-0.25, -0.2) is 0 Å². The molecule has 1 amide bonds. The average Bonchev–Trinajstić information content (AvgIpc) is 2.92. The van der Waals surface area contributed by atoms with E-state index in [1.165, 1.54) is 6.42 Å². The lowest BCUT2D eigenvalue weighted by molar-refractivity contribution is -0.136. The van der Waals surface area contributed by atoms with E-state index in [1.54, 1.807) is 41.3 Å².